The van der Waals surface area contributed by atoms with E-state index in [-0.39, 0.29) is 23.9 Å². The summed E-state index contributed by atoms with van der Waals surface area (Å²) in [4.78, 5) is 19.7. The van der Waals surface area contributed by atoms with Crippen molar-refractivity contribution >= 4 is 42.8 Å². The molecule has 30 heavy (non-hydrogen) atoms. The lowest BCUT2D eigenvalue weighted by molar-refractivity contribution is 0.0697. The molecule has 0 unspecified atom stereocenters. The maximum absolute atomic E-state index is 13.1. The van der Waals surface area contributed by atoms with Gasteiger partial charge in [0.15, 0.2) is 0 Å². The van der Waals surface area contributed by atoms with E-state index >= 15 is 0 Å². The first-order chi connectivity index (χ1) is 14.3. The molecular weight excluding hydrogens is 466 g/mol. The molecule has 0 spiro atoms. The average Bonchev–Trinajstić information content (AvgIpc) is 2.73. The number of halogens is 1. The summed E-state index contributed by atoms with van der Waals surface area (Å²) in [6.45, 7) is 5.06. The fraction of sp³-hybridized carbons (Fsp3) is 0.273. The molecule has 1 aromatic heterocycles. The number of nitrogens with zero attached hydrogens (tertiary/aromatic N) is 3. The molecule has 0 atom stereocenters. The van der Waals surface area contributed by atoms with Crippen molar-refractivity contribution in [2.24, 2.45) is 0 Å². The van der Waals surface area contributed by atoms with Crippen molar-refractivity contribution in [3.05, 3.63) is 69.8 Å². The fourth-order valence-electron chi connectivity index (χ4n) is 3.69. The topological polar surface area (TPSA) is 70.6 Å². The molecule has 1 amide bonds. The fourth-order valence-corrected chi connectivity index (χ4v) is 5.71. The molecule has 3 aromatic rings. The molecule has 1 aliphatic heterocycles. The first-order valence-corrected chi connectivity index (χ1v) is 11.9. The number of pyridine rings is 1. The van der Waals surface area contributed by atoms with Crippen molar-refractivity contribution in [3.63, 3.8) is 0 Å². The smallest absolute Gasteiger partial charge is 0.255 e. The van der Waals surface area contributed by atoms with E-state index in [1.165, 1.54) is 4.31 Å². The van der Waals surface area contributed by atoms with Crippen LogP contribution in [0.4, 0.5) is 0 Å². The van der Waals surface area contributed by atoms with Crippen LogP contribution >= 0.6 is 15.9 Å². The van der Waals surface area contributed by atoms with Crippen LogP contribution in [-0.4, -0.2) is 54.7 Å². The summed E-state index contributed by atoms with van der Waals surface area (Å²) in [7, 11) is -3.59. The number of fused-ring (bicyclic) bond motifs is 1. The minimum atomic E-state index is -3.59. The molecule has 0 N–H and O–H groups in total. The molecular formula is C22H22BrN3O3S. The Morgan fingerprint density at radius 1 is 1.00 bits per heavy atom. The number of carbonyl (C=O) groups excluding carboxylic acids is 1. The first-order valence-electron chi connectivity index (χ1n) is 9.69. The quantitative estimate of drug-likeness (QED) is 0.563. The summed E-state index contributed by atoms with van der Waals surface area (Å²) in [5, 5.41) is 0.930. The van der Waals surface area contributed by atoms with Crippen molar-refractivity contribution in [1.29, 1.82) is 0 Å². The van der Waals surface area contributed by atoms with E-state index < -0.39 is 10.0 Å². The van der Waals surface area contributed by atoms with Crippen molar-refractivity contribution in [3.8, 4) is 0 Å². The van der Waals surface area contributed by atoms with E-state index in [0.717, 1.165) is 16.5 Å². The Morgan fingerprint density at radius 2 is 1.73 bits per heavy atom. The molecule has 0 bridgehead atoms. The lowest BCUT2D eigenvalue weighted by Crippen LogP contribution is -2.50. The van der Waals surface area contributed by atoms with E-state index in [1.54, 1.807) is 29.2 Å². The van der Waals surface area contributed by atoms with Gasteiger partial charge in [0.2, 0.25) is 10.0 Å². The second-order valence-electron chi connectivity index (χ2n) is 7.47. The largest absolute Gasteiger partial charge is 0.336 e. The molecule has 4 rings (SSSR count). The highest BCUT2D eigenvalue weighted by Crippen LogP contribution is 2.23. The molecule has 0 radical (unpaired) electrons. The Hall–Kier alpha value is -2.29. The summed E-state index contributed by atoms with van der Waals surface area (Å²) < 4.78 is 28.0. The van der Waals surface area contributed by atoms with Gasteiger partial charge in [-0.1, -0.05) is 33.6 Å². The van der Waals surface area contributed by atoms with Gasteiger partial charge in [-0.25, -0.2) is 8.42 Å². The molecule has 1 saturated heterocycles. The Bertz CT molecular complexity index is 1240. The van der Waals surface area contributed by atoms with Crippen molar-refractivity contribution in [1.82, 2.24) is 14.2 Å². The maximum Gasteiger partial charge on any atom is 0.255 e. The van der Waals surface area contributed by atoms with Crippen LogP contribution in [0.2, 0.25) is 0 Å². The third kappa shape index (κ3) is 3.99. The van der Waals surface area contributed by atoms with E-state index in [1.807, 2.05) is 38.1 Å². The molecule has 0 saturated carbocycles. The van der Waals surface area contributed by atoms with Gasteiger partial charge in [0.05, 0.1) is 21.7 Å². The highest BCUT2D eigenvalue weighted by atomic mass is 79.9. The molecule has 156 valence electrons. The Balaban J connectivity index is 1.52. The molecule has 2 aromatic carbocycles. The first kappa shape index (κ1) is 21.0. The van der Waals surface area contributed by atoms with Crippen LogP contribution in [0.3, 0.4) is 0 Å². The summed E-state index contributed by atoms with van der Waals surface area (Å²) in [5.41, 5.74) is 3.22. The van der Waals surface area contributed by atoms with Crippen molar-refractivity contribution in [2.75, 3.05) is 26.2 Å². The normalized spacial score (nSPS) is 15.5. The second kappa shape index (κ2) is 8.09. The van der Waals surface area contributed by atoms with Crippen LogP contribution < -0.4 is 0 Å². The molecule has 2 heterocycles. The number of aryl methyl sites for hydroxylation is 2. The van der Waals surface area contributed by atoms with Crippen molar-refractivity contribution < 1.29 is 13.2 Å². The van der Waals surface area contributed by atoms with Gasteiger partial charge in [0.1, 0.15) is 0 Å². The van der Waals surface area contributed by atoms with Gasteiger partial charge < -0.3 is 4.90 Å². The van der Waals surface area contributed by atoms with Gasteiger partial charge in [0.25, 0.3) is 5.91 Å². The molecule has 1 fully saturated rings. The van der Waals surface area contributed by atoms with Crippen LogP contribution in [0.1, 0.15) is 21.6 Å². The summed E-state index contributed by atoms with van der Waals surface area (Å²) >= 11 is 3.32. The zero-order chi connectivity index (χ0) is 21.5. The van der Waals surface area contributed by atoms with Gasteiger partial charge in [0, 0.05) is 36.0 Å². The van der Waals surface area contributed by atoms with Crippen LogP contribution in [0.15, 0.2) is 57.9 Å². The zero-order valence-corrected chi connectivity index (χ0v) is 19.2. The average molecular weight is 488 g/mol. The molecule has 0 aliphatic carbocycles. The van der Waals surface area contributed by atoms with E-state index in [2.05, 4.69) is 20.9 Å². The van der Waals surface area contributed by atoms with Crippen LogP contribution in [0.5, 0.6) is 0 Å². The summed E-state index contributed by atoms with van der Waals surface area (Å²) in [5.74, 6) is -0.108. The SMILES string of the molecule is Cc1ccc2nc(C)c(C(=O)N3CCN(S(=O)(=O)c4cccc(Br)c4)CC3)cc2c1. The maximum atomic E-state index is 13.1. The lowest BCUT2D eigenvalue weighted by atomic mass is 10.1. The summed E-state index contributed by atoms with van der Waals surface area (Å²) in [6, 6.07) is 14.5. The Labute approximate surface area is 184 Å². The second-order valence-corrected chi connectivity index (χ2v) is 10.3. The van der Waals surface area contributed by atoms with Crippen LogP contribution in [0.25, 0.3) is 10.9 Å². The van der Waals surface area contributed by atoms with Crippen LogP contribution in [0, 0.1) is 13.8 Å². The third-order valence-electron chi connectivity index (χ3n) is 5.35. The highest BCUT2D eigenvalue weighted by Gasteiger charge is 2.31. The minimum absolute atomic E-state index is 0.108. The Kier molecular flexibility index (Phi) is 5.65. The zero-order valence-electron chi connectivity index (χ0n) is 16.8. The van der Waals surface area contributed by atoms with E-state index in [4.69, 9.17) is 0 Å². The predicted octanol–water partition coefficient (Wildman–Crippen LogP) is 3.76. The van der Waals surface area contributed by atoms with Crippen LogP contribution in [-0.2, 0) is 10.0 Å². The third-order valence-corrected chi connectivity index (χ3v) is 7.74. The number of benzene rings is 2. The molecule has 8 heteroatoms. The number of amides is 1. The monoisotopic (exact) mass is 487 g/mol. The number of aromatic nitrogens is 1. The number of hydrogen-bond acceptors (Lipinski definition) is 4. The number of hydrogen-bond donors (Lipinski definition) is 0. The Morgan fingerprint density at radius 3 is 2.43 bits per heavy atom. The van der Waals surface area contributed by atoms with Gasteiger partial charge in [-0.15, -0.1) is 0 Å². The standard InChI is InChI=1S/C22H22BrN3O3S/c1-15-6-7-21-17(12-15)13-20(16(2)24-21)22(27)25-8-10-26(11-9-25)30(28,29)19-5-3-4-18(23)14-19/h3-7,12-14H,8-11H2,1-2H3. The number of carbonyl (C=O) groups is 1. The number of sulfonamides is 1. The summed E-state index contributed by atoms with van der Waals surface area (Å²) in [6.07, 6.45) is 0. The number of rotatable bonds is 3. The van der Waals surface area contributed by atoms with Gasteiger partial charge in [-0.2, -0.15) is 4.31 Å². The lowest BCUT2D eigenvalue weighted by Gasteiger charge is -2.34. The van der Waals surface area contributed by atoms with Gasteiger partial charge >= 0.3 is 0 Å². The minimum Gasteiger partial charge on any atom is -0.336 e. The van der Waals surface area contributed by atoms with Gasteiger partial charge in [-0.05, 0) is 50.2 Å². The van der Waals surface area contributed by atoms with Crippen molar-refractivity contribution in [2.45, 2.75) is 18.7 Å². The predicted molar refractivity (Wildman–Crippen MR) is 120 cm³/mol. The van der Waals surface area contributed by atoms with Gasteiger partial charge in [-0.3, -0.25) is 9.78 Å². The van der Waals surface area contributed by atoms with E-state index in [0.29, 0.717) is 28.8 Å². The van der Waals surface area contributed by atoms with E-state index in [9.17, 15) is 13.2 Å². The molecule has 6 nitrogen and oxygen atoms in total. The molecule has 1 aliphatic rings. The number of piperazine rings is 1. The highest BCUT2D eigenvalue weighted by molar-refractivity contribution is 9.10.